The number of fused-ring (bicyclic) bond motifs is 1. The molecule has 1 saturated carbocycles. The molecule has 1 atom stereocenters. The fourth-order valence-electron chi connectivity index (χ4n) is 1.94. The molecule has 4 nitrogen and oxygen atoms in total. The molecule has 84 valence electrons. The lowest BCUT2D eigenvalue weighted by atomic mass is 10.2. The molecular formula is C11H14N4S. The normalized spacial score (nSPS) is 17.6. The van der Waals surface area contributed by atoms with Crippen molar-refractivity contribution in [3.8, 4) is 0 Å². The minimum atomic E-state index is 0.361. The van der Waals surface area contributed by atoms with Gasteiger partial charge in [-0.2, -0.15) is 0 Å². The zero-order valence-corrected chi connectivity index (χ0v) is 9.70. The quantitative estimate of drug-likeness (QED) is 0.847. The second-order valence-corrected chi connectivity index (χ2v) is 5.10. The minimum Gasteiger partial charge on any atom is -0.364 e. The van der Waals surface area contributed by atoms with Gasteiger partial charge in [0.25, 0.3) is 0 Å². The summed E-state index contributed by atoms with van der Waals surface area (Å²) < 4.78 is 1.13. The average molecular weight is 234 g/mol. The van der Waals surface area contributed by atoms with Crippen LogP contribution in [0.2, 0.25) is 0 Å². The number of nitrogens with zero attached hydrogens (tertiary/aromatic N) is 2. The van der Waals surface area contributed by atoms with Crippen LogP contribution >= 0.6 is 11.3 Å². The molecule has 16 heavy (non-hydrogen) atoms. The van der Waals surface area contributed by atoms with Gasteiger partial charge in [-0.05, 0) is 30.2 Å². The Balaban J connectivity index is 1.89. The van der Waals surface area contributed by atoms with Gasteiger partial charge in [-0.15, -0.1) is 11.3 Å². The molecule has 0 spiro atoms. The van der Waals surface area contributed by atoms with Gasteiger partial charge in [0.15, 0.2) is 0 Å². The van der Waals surface area contributed by atoms with Crippen LogP contribution in [0.5, 0.6) is 0 Å². The van der Waals surface area contributed by atoms with Crippen molar-refractivity contribution in [3.05, 3.63) is 17.8 Å². The van der Waals surface area contributed by atoms with Crippen molar-refractivity contribution in [3.63, 3.8) is 0 Å². The Hall–Kier alpha value is -1.20. The Morgan fingerprint density at radius 3 is 3.12 bits per heavy atom. The summed E-state index contributed by atoms with van der Waals surface area (Å²) in [5, 5.41) is 5.49. The highest BCUT2D eigenvalue weighted by molar-refractivity contribution is 7.17. The zero-order chi connectivity index (χ0) is 11.0. The highest BCUT2D eigenvalue weighted by atomic mass is 32.1. The molecule has 1 aliphatic carbocycles. The van der Waals surface area contributed by atoms with Gasteiger partial charge < -0.3 is 11.1 Å². The molecule has 1 unspecified atom stereocenters. The molecule has 0 amide bonds. The highest BCUT2D eigenvalue weighted by Gasteiger charge is 2.30. The second-order valence-electron chi connectivity index (χ2n) is 4.18. The van der Waals surface area contributed by atoms with E-state index in [0.717, 1.165) is 22.0 Å². The van der Waals surface area contributed by atoms with Gasteiger partial charge in [0, 0.05) is 12.6 Å². The Labute approximate surface area is 97.9 Å². The van der Waals surface area contributed by atoms with Crippen molar-refractivity contribution in [2.75, 3.05) is 11.9 Å². The molecule has 2 heterocycles. The number of hydrogen-bond acceptors (Lipinski definition) is 5. The van der Waals surface area contributed by atoms with Gasteiger partial charge in [0.1, 0.15) is 12.1 Å². The second kappa shape index (κ2) is 3.99. The van der Waals surface area contributed by atoms with Crippen molar-refractivity contribution in [2.45, 2.75) is 18.9 Å². The summed E-state index contributed by atoms with van der Waals surface area (Å²) in [6.07, 6.45) is 4.18. The number of rotatable bonds is 4. The SMILES string of the molecule is NCC(Nc1ncnc2ccsc12)C1CC1. The predicted octanol–water partition coefficient (Wildman–Crippen LogP) is 1.84. The smallest absolute Gasteiger partial charge is 0.147 e. The van der Waals surface area contributed by atoms with Gasteiger partial charge in [0.2, 0.25) is 0 Å². The van der Waals surface area contributed by atoms with Crippen LogP contribution in [0.1, 0.15) is 12.8 Å². The van der Waals surface area contributed by atoms with Crippen LogP contribution in [0.25, 0.3) is 10.2 Å². The van der Waals surface area contributed by atoms with Crippen molar-refractivity contribution < 1.29 is 0 Å². The average Bonchev–Trinajstić information content (AvgIpc) is 3.03. The number of thiophene rings is 1. The summed E-state index contributed by atoms with van der Waals surface area (Å²) in [5.41, 5.74) is 6.79. The predicted molar refractivity (Wildman–Crippen MR) is 66.6 cm³/mol. The summed E-state index contributed by atoms with van der Waals surface area (Å²) in [6, 6.07) is 2.38. The largest absolute Gasteiger partial charge is 0.364 e. The summed E-state index contributed by atoms with van der Waals surface area (Å²) in [5.74, 6) is 1.66. The van der Waals surface area contributed by atoms with E-state index in [1.807, 2.05) is 11.4 Å². The van der Waals surface area contributed by atoms with E-state index in [0.29, 0.717) is 12.6 Å². The van der Waals surface area contributed by atoms with Crippen LogP contribution in [-0.4, -0.2) is 22.6 Å². The number of nitrogens with one attached hydrogen (secondary N) is 1. The molecule has 0 aliphatic heterocycles. The van der Waals surface area contributed by atoms with Crippen LogP contribution in [-0.2, 0) is 0 Å². The van der Waals surface area contributed by atoms with Crippen molar-refractivity contribution in [1.82, 2.24) is 9.97 Å². The molecule has 0 saturated heterocycles. The first-order valence-corrected chi connectivity index (χ1v) is 6.41. The summed E-state index contributed by atoms with van der Waals surface area (Å²) in [7, 11) is 0. The molecule has 5 heteroatoms. The standard InChI is InChI=1S/C11H14N4S/c12-5-9(7-1-2-7)15-11-10-8(3-4-16-10)13-6-14-11/h3-4,6-7,9H,1-2,5,12H2,(H,13,14,15). The van der Waals surface area contributed by atoms with E-state index in [1.54, 1.807) is 17.7 Å². The van der Waals surface area contributed by atoms with E-state index in [1.165, 1.54) is 12.8 Å². The van der Waals surface area contributed by atoms with E-state index in [-0.39, 0.29) is 0 Å². The van der Waals surface area contributed by atoms with Gasteiger partial charge in [-0.1, -0.05) is 0 Å². The van der Waals surface area contributed by atoms with Crippen LogP contribution in [0.4, 0.5) is 5.82 Å². The molecule has 0 aromatic carbocycles. The van der Waals surface area contributed by atoms with Crippen molar-refractivity contribution in [2.24, 2.45) is 11.7 Å². The fraction of sp³-hybridized carbons (Fsp3) is 0.455. The molecule has 0 bridgehead atoms. The van der Waals surface area contributed by atoms with Crippen LogP contribution in [0.3, 0.4) is 0 Å². The summed E-state index contributed by atoms with van der Waals surface area (Å²) >= 11 is 1.67. The van der Waals surface area contributed by atoms with Crippen LogP contribution in [0, 0.1) is 5.92 Å². The lowest BCUT2D eigenvalue weighted by Crippen LogP contribution is -2.31. The van der Waals surface area contributed by atoms with E-state index in [4.69, 9.17) is 5.73 Å². The number of nitrogens with two attached hydrogens (primary N) is 1. The molecule has 3 N–H and O–H groups in total. The van der Waals surface area contributed by atoms with E-state index >= 15 is 0 Å². The van der Waals surface area contributed by atoms with Gasteiger partial charge in [0.05, 0.1) is 10.2 Å². The first-order chi connectivity index (χ1) is 7.88. The first kappa shape index (κ1) is 9.99. The topological polar surface area (TPSA) is 63.8 Å². The minimum absolute atomic E-state index is 0.361. The molecule has 1 aliphatic rings. The Morgan fingerprint density at radius 1 is 1.50 bits per heavy atom. The van der Waals surface area contributed by atoms with Gasteiger partial charge >= 0.3 is 0 Å². The zero-order valence-electron chi connectivity index (χ0n) is 8.89. The maximum atomic E-state index is 5.78. The summed E-state index contributed by atoms with van der Waals surface area (Å²) in [6.45, 7) is 0.668. The van der Waals surface area contributed by atoms with E-state index < -0.39 is 0 Å². The molecule has 2 aromatic rings. The maximum absolute atomic E-state index is 5.78. The summed E-state index contributed by atoms with van der Waals surface area (Å²) in [4.78, 5) is 8.53. The lowest BCUT2D eigenvalue weighted by Gasteiger charge is -2.16. The monoisotopic (exact) mass is 234 g/mol. The molecule has 1 fully saturated rings. The third-order valence-electron chi connectivity index (χ3n) is 3.01. The van der Waals surface area contributed by atoms with Crippen molar-refractivity contribution >= 4 is 27.4 Å². The van der Waals surface area contributed by atoms with E-state index in [2.05, 4.69) is 15.3 Å². The van der Waals surface area contributed by atoms with Crippen LogP contribution < -0.4 is 11.1 Å². The van der Waals surface area contributed by atoms with Gasteiger partial charge in [-0.3, -0.25) is 0 Å². The third kappa shape index (κ3) is 1.76. The van der Waals surface area contributed by atoms with Crippen molar-refractivity contribution in [1.29, 1.82) is 0 Å². The Morgan fingerprint density at radius 2 is 2.38 bits per heavy atom. The van der Waals surface area contributed by atoms with Crippen LogP contribution in [0.15, 0.2) is 17.8 Å². The molecule has 2 aromatic heterocycles. The number of anilines is 1. The van der Waals surface area contributed by atoms with E-state index in [9.17, 15) is 0 Å². The molecular weight excluding hydrogens is 220 g/mol. The fourth-order valence-corrected chi connectivity index (χ4v) is 2.73. The lowest BCUT2D eigenvalue weighted by molar-refractivity contribution is 0.643. The number of hydrogen-bond donors (Lipinski definition) is 2. The Kier molecular flexibility index (Phi) is 2.49. The first-order valence-electron chi connectivity index (χ1n) is 5.53. The Bertz CT molecular complexity index is 491. The molecule has 3 rings (SSSR count). The van der Waals surface area contributed by atoms with Gasteiger partial charge in [-0.25, -0.2) is 9.97 Å². The highest BCUT2D eigenvalue weighted by Crippen LogP contribution is 2.35. The third-order valence-corrected chi connectivity index (χ3v) is 3.92. The number of aromatic nitrogens is 2. The maximum Gasteiger partial charge on any atom is 0.147 e. The molecule has 0 radical (unpaired) electrons.